The van der Waals surface area contributed by atoms with Gasteiger partial charge >= 0.3 is 0 Å². The molecule has 0 amide bonds. The summed E-state index contributed by atoms with van der Waals surface area (Å²) in [6.07, 6.45) is 0. The normalized spacial score (nSPS) is 12.2. The quantitative estimate of drug-likeness (QED) is 0.908. The van der Waals surface area contributed by atoms with Crippen LogP contribution in [0.1, 0.15) is 11.5 Å². The molecule has 2 N–H and O–H groups in total. The van der Waals surface area contributed by atoms with Crippen LogP contribution in [0.5, 0.6) is 5.75 Å². The highest BCUT2D eigenvalue weighted by molar-refractivity contribution is 6.30. The van der Waals surface area contributed by atoms with Crippen LogP contribution in [0.2, 0.25) is 5.02 Å². The molecule has 0 spiro atoms. The minimum atomic E-state index is -0.280. The molecule has 1 unspecified atom stereocenters. The van der Waals surface area contributed by atoms with Gasteiger partial charge in [-0.05, 0) is 42.0 Å². The van der Waals surface area contributed by atoms with Crippen molar-refractivity contribution >= 4 is 11.6 Å². The highest BCUT2D eigenvalue weighted by Gasteiger charge is 2.11. The van der Waals surface area contributed by atoms with Crippen molar-refractivity contribution in [3.63, 3.8) is 0 Å². The summed E-state index contributed by atoms with van der Waals surface area (Å²) in [4.78, 5) is 0. The van der Waals surface area contributed by atoms with E-state index in [1.807, 2.05) is 24.3 Å². The first-order valence-electron chi connectivity index (χ1n) is 6.03. The predicted molar refractivity (Wildman–Crippen MR) is 75.1 cm³/mol. The summed E-state index contributed by atoms with van der Waals surface area (Å²) in [5, 5.41) is 0.678. The Kier molecular flexibility index (Phi) is 4.77. The molecule has 2 aromatic carbocycles. The molecule has 0 saturated heterocycles. The zero-order chi connectivity index (χ0) is 13.7. The fourth-order valence-electron chi connectivity index (χ4n) is 1.79. The third-order valence-electron chi connectivity index (χ3n) is 2.87. The van der Waals surface area contributed by atoms with Gasteiger partial charge < -0.3 is 10.5 Å². The van der Waals surface area contributed by atoms with Crippen LogP contribution >= 0.6 is 11.6 Å². The van der Waals surface area contributed by atoms with E-state index in [0.717, 1.165) is 5.56 Å². The van der Waals surface area contributed by atoms with Gasteiger partial charge in [0.1, 0.15) is 11.6 Å². The number of benzene rings is 2. The van der Waals surface area contributed by atoms with Gasteiger partial charge in [-0.1, -0.05) is 23.7 Å². The highest BCUT2D eigenvalue weighted by Crippen LogP contribution is 2.21. The summed E-state index contributed by atoms with van der Waals surface area (Å²) in [6.45, 7) is 0.893. The van der Waals surface area contributed by atoms with Gasteiger partial charge in [0, 0.05) is 17.5 Å². The molecule has 0 radical (unpaired) electrons. The van der Waals surface area contributed by atoms with E-state index in [-0.39, 0.29) is 11.7 Å². The molecule has 0 aliphatic carbocycles. The summed E-state index contributed by atoms with van der Waals surface area (Å²) >= 11 is 5.96. The second-order valence-corrected chi connectivity index (χ2v) is 4.69. The predicted octanol–water partition coefficient (Wildman–Crippen LogP) is 3.60. The molecule has 0 saturated carbocycles. The Labute approximate surface area is 117 Å². The van der Waals surface area contributed by atoms with Crippen LogP contribution in [0.25, 0.3) is 0 Å². The lowest BCUT2D eigenvalue weighted by Crippen LogP contribution is -2.19. The number of hydrogen-bond acceptors (Lipinski definition) is 2. The van der Waals surface area contributed by atoms with E-state index in [1.165, 1.54) is 12.1 Å². The van der Waals surface area contributed by atoms with Crippen molar-refractivity contribution in [1.82, 2.24) is 0 Å². The van der Waals surface area contributed by atoms with Gasteiger partial charge in [0.25, 0.3) is 0 Å². The van der Waals surface area contributed by atoms with E-state index in [9.17, 15) is 4.39 Å². The van der Waals surface area contributed by atoms with Crippen molar-refractivity contribution in [3.8, 4) is 5.75 Å². The van der Waals surface area contributed by atoms with Crippen LogP contribution in [-0.2, 0) is 0 Å². The van der Waals surface area contributed by atoms with Gasteiger partial charge in [0.2, 0.25) is 0 Å². The Hall–Kier alpha value is -1.58. The third-order valence-corrected chi connectivity index (χ3v) is 3.10. The molecule has 2 nitrogen and oxygen atoms in total. The average Bonchev–Trinajstić information content (AvgIpc) is 2.42. The second kappa shape index (κ2) is 6.55. The van der Waals surface area contributed by atoms with Gasteiger partial charge in [-0.3, -0.25) is 0 Å². The van der Waals surface area contributed by atoms with Gasteiger partial charge in [0.05, 0.1) is 6.61 Å². The Morgan fingerprint density at radius 2 is 1.89 bits per heavy atom. The Bertz CT molecular complexity index is 530. The van der Waals surface area contributed by atoms with E-state index in [0.29, 0.717) is 23.9 Å². The Morgan fingerprint density at radius 3 is 2.53 bits per heavy atom. The van der Waals surface area contributed by atoms with Gasteiger partial charge in [-0.2, -0.15) is 0 Å². The SMILES string of the molecule is NCC(COc1ccc(F)cc1)c1cccc(Cl)c1. The summed E-state index contributed by atoms with van der Waals surface area (Å²) in [5.41, 5.74) is 6.80. The number of ether oxygens (including phenoxy) is 1. The smallest absolute Gasteiger partial charge is 0.123 e. The fourth-order valence-corrected chi connectivity index (χ4v) is 1.99. The lowest BCUT2D eigenvalue weighted by Gasteiger charge is -2.16. The number of rotatable bonds is 5. The Morgan fingerprint density at radius 1 is 1.16 bits per heavy atom. The van der Waals surface area contributed by atoms with Crippen molar-refractivity contribution < 1.29 is 9.13 Å². The molecular weight excluding hydrogens is 265 g/mol. The maximum absolute atomic E-state index is 12.8. The molecule has 0 aliphatic heterocycles. The Balaban J connectivity index is 2.01. The number of hydrogen-bond donors (Lipinski definition) is 1. The van der Waals surface area contributed by atoms with E-state index >= 15 is 0 Å². The van der Waals surface area contributed by atoms with E-state index in [2.05, 4.69) is 0 Å². The molecule has 4 heteroatoms. The fraction of sp³-hybridized carbons (Fsp3) is 0.200. The average molecular weight is 280 g/mol. The second-order valence-electron chi connectivity index (χ2n) is 4.25. The summed E-state index contributed by atoms with van der Waals surface area (Å²) < 4.78 is 18.4. The zero-order valence-electron chi connectivity index (χ0n) is 10.4. The monoisotopic (exact) mass is 279 g/mol. The maximum Gasteiger partial charge on any atom is 0.123 e. The van der Waals surface area contributed by atoms with Gasteiger partial charge in [-0.25, -0.2) is 4.39 Å². The van der Waals surface area contributed by atoms with Crippen LogP contribution in [-0.4, -0.2) is 13.2 Å². The van der Waals surface area contributed by atoms with Gasteiger partial charge in [0.15, 0.2) is 0 Å². The first kappa shape index (κ1) is 13.8. The molecule has 2 rings (SSSR count). The molecule has 0 aliphatic rings. The standard InChI is InChI=1S/C15H15ClFNO/c16-13-3-1-2-11(8-13)12(9-18)10-19-15-6-4-14(17)5-7-15/h1-8,12H,9-10,18H2. The molecule has 19 heavy (non-hydrogen) atoms. The van der Waals surface area contributed by atoms with Crippen LogP contribution < -0.4 is 10.5 Å². The maximum atomic E-state index is 12.8. The highest BCUT2D eigenvalue weighted by atomic mass is 35.5. The number of nitrogens with two attached hydrogens (primary N) is 1. The molecule has 2 aromatic rings. The zero-order valence-corrected chi connectivity index (χ0v) is 11.1. The molecule has 100 valence electrons. The third kappa shape index (κ3) is 3.94. The molecule has 1 atom stereocenters. The minimum absolute atomic E-state index is 0.0590. The summed E-state index contributed by atoms with van der Waals surface area (Å²) in [7, 11) is 0. The van der Waals surface area contributed by atoms with Crippen molar-refractivity contribution in [2.24, 2.45) is 5.73 Å². The largest absolute Gasteiger partial charge is 0.493 e. The molecule has 0 bridgehead atoms. The van der Waals surface area contributed by atoms with Crippen molar-refractivity contribution in [2.45, 2.75) is 5.92 Å². The molecule has 0 fully saturated rings. The van der Waals surface area contributed by atoms with E-state index < -0.39 is 0 Å². The first-order chi connectivity index (χ1) is 9.19. The molecule has 0 aromatic heterocycles. The minimum Gasteiger partial charge on any atom is -0.493 e. The van der Waals surface area contributed by atoms with E-state index in [4.69, 9.17) is 22.1 Å². The topological polar surface area (TPSA) is 35.2 Å². The number of halogens is 2. The van der Waals surface area contributed by atoms with Gasteiger partial charge in [-0.15, -0.1) is 0 Å². The van der Waals surface area contributed by atoms with Crippen molar-refractivity contribution in [3.05, 3.63) is 64.9 Å². The van der Waals surface area contributed by atoms with Crippen LogP contribution in [0.3, 0.4) is 0 Å². The van der Waals surface area contributed by atoms with Crippen LogP contribution in [0.4, 0.5) is 4.39 Å². The van der Waals surface area contributed by atoms with Crippen molar-refractivity contribution in [2.75, 3.05) is 13.2 Å². The molecule has 0 heterocycles. The van der Waals surface area contributed by atoms with E-state index in [1.54, 1.807) is 12.1 Å². The van der Waals surface area contributed by atoms with Crippen LogP contribution in [0.15, 0.2) is 48.5 Å². The van der Waals surface area contributed by atoms with Crippen molar-refractivity contribution in [1.29, 1.82) is 0 Å². The summed E-state index contributed by atoms with van der Waals surface area (Å²) in [5.74, 6) is 0.406. The summed E-state index contributed by atoms with van der Waals surface area (Å²) in [6, 6.07) is 13.5. The lowest BCUT2D eigenvalue weighted by molar-refractivity contribution is 0.290. The van der Waals surface area contributed by atoms with Crippen LogP contribution in [0, 0.1) is 5.82 Å². The lowest BCUT2D eigenvalue weighted by atomic mass is 10.0. The molecular formula is C15H15ClFNO. The first-order valence-corrected chi connectivity index (χ1v) is 6.40.